The molecule has 2 heterocycles. The number of carbonyl (C=O) groups excluding carboxylic acids is 2. The number of imide groups is 1. The summed E-state index contributed by atoms with van der Waals surface area (Å²) in [5.41, 5.74) is 3.91. The Morgan fingerprint density at radius 1 is 0.943 bits per heavy atom. The Balaban J connectivity index is 1.26. The van der Waals surface area contributed by atoms with Crippen molar-refractivity contribution in [2.75, 3.05) is 32.8 Å². The molecule has 2 saturated heterocycles. The van der Waals surface area contributed by atoms with Crippen LogP contribution < -0.4 is 5.32 Å². The largest absolute Gasteiger partial charge is 0.326 e. The smallest absolute Gasteiger partial charge is 0.319 e. The molecule has 186 valence electrons. The van der Waals surface area contributed by atoms with E-state index in [2.05, 4.69) is 17.4 Å². The van der Waals surface area contributed by atoms with E-state index in [0.717, 1.165) is 36.0 Å². The second-order valence-corrected chi connectivity index (χ2v) is 12.0. The summed E-state index contributed by atoms with van der Waals surface area (Å²) in [6, 6.07) is 11.1. The van der Waals surface area contributed by atoms with Crippen molar-refractivity contribution >= 4 is 22.0 Å². The number of hydrogen-bond acceptors (Lipinski definition) is 5. The number of carbonyl (C=O) groups is 2. The van der Waals surface area contributed by atoms with Crippen LogP contribution in [0.2, 0.25) is 0 Å². The molecule has 2 aromatic carbocycles. The number of nitrogens with one attached hydrogen (secondary N) is 1. The molecule has 1 aliphatic carbocycles. The average Bonchev–Trinajstić information content (AvgIpc) is 3.39. The molecule has 0 spiro atoms. The summed E-state index contributed by atoms with van der Waals surface area (Å²) in [6.07, 6.45) is 3.18. The van der Waals surface area contributed by atoms with Crippen molar-refractivity contribution < 1.29 is 18.0 Å². The molecule has 5 rings (SSSR count). The molecule has 0 aromatic heterocycles. The number of nitrogens with zero attached hydrogens (tertiary/aromatic N) is 3. The fourth-order valence-corrected chi connectivity index (χ4v) is 7.07. The first-order valence-electron chi connectivity index (χ1n) is 12.2. The van der Waals surface area contributed by atoms with E-state index in [4.69, 9.17) is 0 Å². The lowest BCUT2D eigenvalue weighted by atomic mass is 9.90. The molecular formula is C26H32N4O4S. The van der Waals surface area contributed by atoms with Crippen molar-refractivity contribution in [2.45, 2.75) is 50.5 Å². The highest BCUT2D eigenvalue weighted by molar-refractivity contribution is 7.89. The molecule has 9 heteroatoms. The second kappa shape index (κ2) is 8.72. The SMILES string of the molecule is Cc1ccc(C)c(S(=O)(=O)N2CCN(CN3C(=O)NC(C)(c4ccc5c(c4)CCC5)C3=O)CC2)c1. The van der Waals surface area contributed by atoms with Crippen molar-refractivity contribution in [1.82, 2.24) is 19.4 Å². The van der Waals surface area contributed by atoms with Gasteiger partial charge in [-0.3, -0.25) is 9.69 Å². The molecule has 1 unspecified atom stereocenters. The number of fused-ring (bicyclic) bond motifs is 1. The Morgan fingerprint density at radius 2 is 1.66 bits per heavy atom. The van der Waals surface area contributed by atoms with Gasteiger partial charge in [-0.25, -0.2) is 18.1 Å². The average molecular weight is 497 g/mol. The summed E-state index contributed by atoms with van der Waals surface area (Å²) in [5, 5.41) is 2.90. The topological polar surface area (TPSA) is 90.0 Å². The molecule has 3 aliphatic rings. The lowest BCUT2D eigenvalue weighted by Gasteiger charge is -2.35. The second-order valence-electron chi connectivity index (χ2n) is 10.1. The van der Waals surface area contributed by atoms with Crippen LogP contribution in [-0.2, 0) is 33.2 Å². The van der Waals surface area contributed by atoms with Crippen molar-refractivity contribution in [3.63, 3.8) is 0 Å². The van der Waals surface area contributed by atoms with E-state index in [-0.39, 0.29) is 12.6 Å². The minimum Gasteiger partial charge on any atom is -0.319 e. The van der Waals surface area contributed by atoms with Crippen LogP contribution in [0.3, 0.4) is 0 Å². The van der Waals surface area contributed by atoms with Crippen molar-refractivity contribution in [3.05, 3.63) is 64.2 Å². The summed E-state index contributed by atoms with van der Waals surface area (Å²) in [6.45, 7) is 7.08. The molecule has 0 radical (unpaired) electrons. The Bertz CT molecular complexity index is 1300. The molecule has 0 saturated carbocycles. The number of aryl methyl sites for hydroxylation is 4. The number of hydrogen-bond donors (Lipinski definition) is 1. The van der Waals surface area contributed by atoms with Crippen LogP contribution in [0.4, 0.5) is 4.79 Å². The van der Waals surface area contributed by atoms with Gasteiger partial charge in [-0.1, -0.05) is 30.3 Å². The third-order valence-corrected chi connectivity index (χ3v) is 9.63. The first-order valence-corrected chi connectivity index (χ1v) is 13.6. The van der Waals surface area contributed by atoms with E-state index in [1.807, 2.05) is 30.0 Å². The van der Waals surface area contributed by atoms with E-state index < -0.39 is 21.6 Å². The predicted molar refractivity (Wildman–Crippen MR) is 132 cm³/mol. The van der Waals surface area contributed by atoms with Crippen LogP contribution >= 0.6 is 0 Å². The van der Waals surface area contributed by atoms with Crippen LogP contribution in [-0.4, -0.2) is 67.3 Å². The first kappa shape index (κ1) is 24.0. The van der Waals surface area contributed by atoms with Gasteiger partial charge in [0, 0.05) is 26.2 Å². The maximum absolute atomic E-state index is 13.4. The van der Waals surface area contributed by atoms with Crippen LogP contribution in [0, 0.1) is 13.8 Å². The van der Waals surface area contributed by atoms with Gasteiger partial charge in [-0.05, 0) is 73.9 Å². The molecular weight excluding hydrogens is 464 g/mol. The van der Waals surface area contributed by atoms with Crippen LogP contribution in [0.1, 0.15) is 41.2 Å². The normalized spacial score (nSPS) is 23.6. The fraction of sp³-hybridized carbons (Fsp3) is 0.462. The molecule has 2 aromatic rings. The fourth-order valence-electron chi connectivity index (χ4n) is 5.34. The van der Waals surface area contributed by atoms with Gasteiger partial charge in [0.2, 0.25) is 10.0 Å². The van der Waals surface area contributed by atoms with Gasteiger partial charge in [-0.15, -0.1) is 0 Å². The maximum atomic E-state index is 13.4. The molecule has 8 nitrogen and oxygen atoms in total. The van der Waals surface area contributed by atoms with Crippen LogP contribution in [0.25, 0.3) is 0 Å². The van der Waals surface area contributed by atoms with Gasteiger partial charge < -0.3 is 5.32 Å². The van der Waals surface area contributed by atoms with Crippen molar-refractivity contribution in [2.24, 2.45) is 0 Å². The number of benzene rings is 2. The van der Waals surface area contributed by atoms with Crippen LogP contribution in [0.5, 0.6) is 0 Å². The quantitative estimate of drug-likeness (QED) is 0.643. The molecule has 1 atom stereocenters. The van der Waals surface area contributed by atoms with Crippen molar-refractivity contribution in [1.29, 1.82) is 0 Å². The Labute approximate surface area is 206 Å². The number of sulfonamides is 1. The summed E-state index contributed by atoms with van der Waals surface area (Å²) < 4.78 is 27.9. The number of amides is 3. The lowest BCUT2D eigenvalue weighted by Crippen LogP contribution is -2.52. The highest BCUT2D eigenvalue weighted by Crippen LogP contribution is 2.33. The van der Waals surface area contributed by atoms with E-state index in [1.165, 1.54) is 20.3 Å². The molecule has 2 aliphatic heterocycles. The molecule has 2 fully saturated rings. The van der Waals surface area contributed by atoms with Gasteiger partial charge in [0.25, 0.3) is 5.91 Å². The summed E-state index contributed by atoms with van der Waals surface area (Å²) in [5.74, 6) is -0.272. The van der Waals surface area contributed by atoms with Gasteiger partial charge >= 0.3 is 6.03 Å². The summed E-state index contributed by atoms with van der Waals surface area (Å²) in [7, 11) is -3.60. The monoisotopic (exact) mass is 496 g/mol. The standard InChI is InChI=1S/C26H32N4O4S/c1-18-7-8-19(2)23(15-18)35(33,34)29-13-11-28(12-14-29)17-30-24(31)26(3,27-25(30)32)22-10-9-20-5-4-6-21(20)16-22/h7-10,15-16H,4-6,11-14,17H2,1-3H3,(H,27,32). The summed E-state index contributed by atoms with van der Waals surface area (Å²) in [4.78, 5) is 29.8. The Kier molecular flexibility index (Phi) is 5.97. The van der Waals surface area contributed by atoms with Gasteiger partial charge in [0.15, 0.2) is 0 Å². The third-order valence-electron chi connectivity index (χ3n) is 7.58. The van der Waals surface area contributed by atoms with E-state index in [9.17, 15) is 18.0 Å². The van der Waals surface area contributed by atoms with Gasteiger partial charge in [0.1, 0.15) is 5.54 Å². The minimum atomic E-state index is -3.60. The minimum absolute atomic E-state index is 0.141. The number of rotatable bonds is 5. The van der Waals surface area contributed by atoms with E-state index >= 15 is 0 Å². The zero-order valence-corrected chi connectivity index (χ0v) is 21.3. The van der Waals surface area contributed by atoms with Crippen molar-refractivity contribution in [3.8, 4) is 0 Å². The zero-order valence-electron chi connectivity index (χ0n) is 20.5. The first-order chi connectivity index (χ1) is 16.6. The third kappa shape index (κ3) is 4.15. The Hall–Kier alpha value is -2.75. The van der Waals surface area contributed by atoms with Gasteiger partial charge in [-0.2, -0.15) is 4.31 Å². The highest BCUT2D eigenvalue weighted by Gasteiger charge is 2.49. The molecule has 1 N–H and O–H groups in total. The van der Waals surface area contributed by atoms with E-state index in [1.54, 1.807) is 19.9 Å². The molecule has 35 heavy (non-hydrogen) atoms. The zero-order chi connectivity index (χ0) is 25.0. The lowest BCUT2D eigenvalue weighted by molar-refractivity contribution is -0.132. The summed E-state index contributed by atoms with van der Waals surface area (Å²) >= 11 is 0. The van der Waals surface area contributed by atoms with Gasteiger partial charge in [0.05, 0.1) is 11.6 Å². The number of piperazine rings is 1. The maximum Gasteiger partial charge on any atom is 0.326 e. The van der Waals surface area contributed by atoms with E-state index in [0.29, 0.717) is 31.1 Å². The molecule has 3 amide bonds. The molecule has 0 bridgehead atoms. The van der Waals surface area contributed by atoms with Crippen LogP contribution in [0.15, 0.2) is 41.3 Å². The Morgan fingerprint density at radius 3 is 2.40 bits per heavy atom. The highest BCUT2D eigenvalue weighted by atomic mass is 32.2. The number of urea groups is 1. The predicted octanol–water partition coefficient (Wildman–Crippen LogP) is 2.52.